The van der Waals surface area contributed by atoms with Gasteiger partial charge in [-0.1, -0.05) is 0 Å². The molecule has 2 heterocycles. The van der Waals surface area contributed by atoms with E-state index in [-0.39, 0.29) is 18.9 Å². The normalized spacial score (nSPS) is 34.6. The van der Waals surface area contributed by atoms with Crippen molar-refractivity contribution in [2.24, 2.45) is 17.4 Å². The van der Waals surface area contributed by atoms with Gasteiger partial charge < -0.3 is 21.7 Å². The van der Waals surface area contributed by atoms with Crippen LogP contribution in [0.1, 0.15) is 25.7 Å². The molecule has 1 unspecified atom stereocenters. The minimum Gasteiger partial charge on any atom is -0.323 e. The molecule has 104 valence electrons. The fraction of sp³-hybridized carbons (Fsp3) is 0.917. The van der Waals surface area contributed by atoms with Crippen LogP contribution >= 0.6 is 0 Å². The fourth-order valence-electron chi connectivity index (χ4n) is 2.86. The molecule has 2 aliphatic heterocycles. The van der Waals surface area contributed by atoms with E-state index < -0.39 is 18.4 Å². The minimum absolute atomic E-state index is 0.0939. The highest BCUT2D eigenvalue weighted by Crippen LogP contribution is 2.20. The topological polar surface area (TPSA) is 84.4 Å². The third-order valence-corrected chi connectivity index (χ3v) is 3.88. The van der Waals surface area contributed by atoms with Gasteiger partial charge in [0.2, 0.25) is 5.91 Å². The Balaban J connectivity index is 1.84. The molecule has 2 fully saturated rings. The van der Waals surface area contributed by atoms with Crippen LogP contribution in [0, 0.1) is 5.92 Å². The molecule has 2 rings (SSSR count). The van der Waals surface area contributed by atoms with E-state index >= 15 is 0 Å². The summed E-state index contributed by atoms with van der Waals surface area (Å²) in [5, 5.41) is 3.30. The highest BCUT2D eigenvalue weighted by Gasteiger charge is 2.35. The molecule has 0 bridgehead atoms. The second-order valence-corrected chi connectivity index (χ2v) is 5.45. The van der Waals surface area contributed by atoms with Crippen molar-refractivity contribution in [3.05, 3.63) is 0 Å². The molecular weight excluding hydrogens is 235 g/mol. The third-order valence-electron chi connectivity index (χ3n) is 3.88. The van der Waals surface area contributed by atoms with E-state index in [9.17, 15) is 9.18 Å². The Morgan fingerprint density at radius 1 is 1.56 bits per heavy atom. The average molecular weight is 258 g/mol. The summed E-state index contributed by atoms with van der Waals surface area (Å²) < 4.78 is 13.2. The third kappa shape index (κ3) is 3.18. The lowest BCUT2D eigenvalue weighted by Gasteiger charge is -2.28. The van der Waals surface area contributed by atoms with Crippen LogP contribution in [-0.4, -0.2) is 48.8 Å². The summed E-state index contributed by atoms with van der Waals surface area (Å²) in [6.07, 6.45) is 1.60. The van der Waals surface area contributed by atoms with Crippen LogP contribution < -0.4 is 16.8 Å². The van der Waals surface area contributed by atoms with Crippen LogP contribution in [0.15, 0.2) is 0 Å². The molecule has 0 aliphatic carbocycles. The molecule has 1 amide bonds. The molecule has 0 aromatic carbocycles. The standard InChI is InChI=1S/C12H23FN4O/c13-9-5-11(15)17(7-9)12(18)10(14)4-8-2-1-3-16-6-8/h8-11,16H,1-7,14-15H2/t8?,9-,10-,11-/m0/s1. The van der Waals surface area contributed by atoms with Gasteiger partial charge in [-0.3, -0.25) is 4.79 Å². The maximum absolute atomic E-state index is 13.2. The Kier molecular flexibility index (Phi) is 4.53. The Labute approximate surface area is 107 Å². The molecule has 5 nitrogen and oxygen atoms in total. The van der Waals surface area contributed by atoms with Crippen molar-refractivity contribution < 1.29 is 9.18 Å². The zero-order valence-electron chi connectivity index (χ0n) is 10.6. The first kappa shape index (κ1) is 13.7. The van der Waals surface area contributed by atoms with E-state index in [2.05, 4.69) is 5.32 Å². The number of nitrogens with one attached hydrogen (secondary N) is 1. The molecule has 2 saturated heterocycles. The molecule has 0 spiro atoms. The van der Waals surface area contributed by atoms with Gasteiger partial charge in [-0.2, -0.15) is 0 Å². The van der Waals surface area contributed by atoms with Gasteiger partial charge in [0.05, 0.1) is 18.8 Å². The second kappa shape index (κ2) is 5.95. The summed E-state index contributed by atoms with van der Waals surface area (Å²) in [6.45, 7) is 2.05. The summed E-state index contributed by atoms with van der Waals surface area (Å²) in [6, 6.07) is -0.550. The number of hydrogen-bond donors (Lipinski definition) is 3. The van der Waals surface area contributed by atoms with Crippen LogP contribution in [-0.2, 0) is 4.79 Å². The lowest BCUT2D eigenvalue weighted by Crippen LogP contribution is -2.50. The maximum Gasteiger partial charge on any atom is 0.240 e. The number of piperidine rings is 1. The molecule has 0 aromatic heterocycles. The lowest BCUT2D eigenvalue weighted by atomic mass is 9.92. The van der Waals surface area contributed by atoms with Gasteiger partial charge in [-0.05, 0) is 38.3 Å². The van der Waals surface area contributed by atoms with Crippen LogP contribution in [0.2, 0.25) is 0 Å². The Morgan fingerprint density at radius 3 is 2.89 bits per heavy atom. The van der Waals surface area contributed by atoms with Gasteiger partial charge in [0.25, 0.3) is 0 Å². The summed E-state index contributed by atoms with van der Waals surface area (Å²) in [5.41, 5.74) is 11.7. The van der Waals surface area contributed by atoms with Crippen LogP contribution in [0.25, 0.3) is 0 Å². The largest absolute Gasteiger partial charge is 0.323 e. The van der Waals surface area contributed by atoms with Crippen molar-refractivity contribution in [2.45, 2.75) is 44.1 Å². The molecule has 5 N–H and O–H groups in total. The Hall–Kier alpha value is -0.720. The fourth-order valence-corrected chi connectivity index (χ4v) is 2.86. The van der Waals surface area contributed by atoms with Crippen molar-refractivity contribution >= 4 is 5.91 Å². The van der Waals surface area contributed by atoms with Crippen LogP contribution in [0.5, 0.6) is 0 Å². The number of rotatable bonds is 3. The number of halogens is 1. The maximum atomic E-state index is 13.2. The monoisotopic (exact) mass is 258 g/mol. The van der Waals surface area contributed by atoms with Gasteiger partial charge >= 0.3 is 0 Å². The SMILES string of the molecule is N[C@@H]1C[C@H](F)CN1C(=O)[C@@H](N)CC1CCCNC1. The molecule has 2 aliphatic rings. The van der Waals surface area contributed by atoms with Crippen molar-refractivity contribution in [1.29, 1.82) is 0 Å². The zero-order chi connectivity index (χ0) is 13.1. The highest BCUT2D eigenvalue weighted by molar-refractivity contribution is 5.82. The molecule has 0 radical (unpaired) electrons. The van der Waals surface area contributed by atoms with Crippen LogP contribution in [0.4, 0.5) is 4.39 Å². The predicted molar refractivity (Wildman–Crippen MR) is 67.4 cm³/mol. The van der Waals surface area contributed by atoms with Gasteiger partial charge in [-0.25, -0.2) is 4.39 Å². The quantitative estimate of drug-likeness (QED) is 0.640. The summed E-state index contributed by atoms with van der Waals surface area (Å²) in [7, 11) is 0. The first-order chi connectivity index (χ1) is 8.58. The zero-order valence-corrected chi connectivity index (χ0v) is 10.6. The van der Waals surface area contributed by atoms with Crippen molar-refractivity contribution in [3.8, 4) is 0 Å². The van der Waals surface area contributed by atoms with Gasteiger partial charge in [0, 0.05) is 6.42 Å². The number of nitrogens with two attached hydrogens (primary N) is 2. The number of amides is 1. The predicted octanol–water partition coefficient (Wildman–Crippen LogP) is -0.441. The second-order valence-electron chi connectivity index (χ2n) is 5.45. The summed E-state index contributed by atoms with van der Waals surface area (Å²) >= 11 is 0. The van der Waals surface area contributed by atoms with E-state index in [0.29, 0.717) is 12.3 Å². The highest BCUT2D eigenvalue weighted by atomic mass is 19.1. The van der Waals surface area contributed by atoms with E-state index in [1.807, 2.05) is 0 Å². The van der Waals surface area contributed by atoms with Crippen molar-refractivity contribution in [2.75, 3.05) is 19.6 Å². The van der Waals surface area contributed by atoms with Crippen molar-refractivity contribution in [3.63, 3.8) is 0 Å². The number of carbonyl (C=O) groups is 1. The molecule has 0 aromatic rings. The Morgan fingerprint density at radius 2 is 2.33 bits per heavy atom. The smallest absolute Gasteiger partial charge is 0.240 e. The molecule has 0 saturated carbocycles. The minimum atomic E-state index is -1.01. The number of nitrogens with zero attached hydrogens (tertiary/aromatic N) is 1. The van der Waals surface area contributed by atoms with Crippen LogP contribution in [0.3, 0.4) is 0 Å². The number of alkyl halides is 1. The summed E-state index contributed by atoms with van der Waals surface area (Å²) in [5.74, 6) is 0.242. The Bertz CT molecular complexity index is 296. The van der Waals surface area contributed by atoms with E-state index in [1.54, 1.807) is 0 Å². The van der Waals surface area contributed by atoms with E-state index in [1.165, 1.54) is 4.90 Å². The first-order valence-electron chi connectivity index (χ1n) is 6.74. The van der Waals surface area contributed by atoms with Gasteiger partial charge in [0.1, 0.15) is 6.17 Å². The van der Waals surface area contributed by atoms with E-state index in [0.717, 1.165) is 25.9 Å². The average Bonchev–Trinajstić information content (AvgIpc) is 2.68. The first-order valence-corrected chi connectivity index (χ1v) is 6.74. The number of hydrogen-bond acceptors (Lipinski definition) is 4. The molecular formula is C12H23FN4O. The van der Waals surface area contributed by atoms with Gasteiger partial charge in [-0.15, -0.1) is 0 Å². The summed E-state index contributed by atoms with van der Waals surface area (Å²) in [4.78, 5) is 13.5. The van der Waals surface area contributed by atoms with Crippen molar-refractivity contribution in [1.82, 2.24) is 10.2 Å². The number of carbonyl (C=O) groups excluding carboxylic acids is 1. The van der Waals surface area contributed by atoms with E-state index in [4.69, 9.17) is 11.5 Å². The molecule has 4 atom stereocenters. The molecule has 6 heteroatoms. The van der Waals surface area contributed by atoms with Gasteiger partial charge in [0.15, 0.2) is 0 Å². The molecule has 18 heavy (non-hydrogen) atoms. The number of likely N-dealkylation sites (tertiary alicyclic amines) is 1. The lowest BCUT2D eigenvalue weighted by molar-refractivity contribution is -0.133.